The molecular formula is C24H19ClN2O. The first-order valence-electron chi connectivity index (χ1n) is 9.15. The Morgan fingerprint density at radius 1 is 0.929 bits per heavy atom. The van der Waals surface area contributed by atoms with E-state index in [1.54, 1.807) is 30.3 Å². The lowest BCUT2D eigenvalue weighted by molar-refractivity contribution is 0.104. The first-order valence-corrected chi connectivity index (χ1v) is 9.53. The van der Waals surface area contributed by atoms with Crippen LogP contribution in [0.1, 0.15) is 28.4 Å². The number of nitrogens with zero attached hydrogens (tertiary/aromatic N) is 2. The molecule has 0 saturated carbocycles. The number of carbonyl (C=O) groups is 1. The summed E-state index contributed by atoms with van der Waals surface area (Å²) < 4.78 is 0. The van der Waals surface area contributed by atoms with Gasteiger partial charge < -0.3 is 0 Å². The molecule has 0 bridgehead atoms. The van der Waals surface area contributed by atoms with E-state index >= 15 is 0 Å². The number of rotatable bonds is 5. The quantitative estimate of drug-likeness (QED) is 0.393. The predicted molar refractivity (Wildman–Crippen MR) is 115 cm³/mol. The smallest absolute Gasteiger partial charge is 0.185 e. The van der Waals surface area contributed by atoms with Gasteiger partial charge in [0.1, 0.15) is 0 Å². The molecule has 4 rings (SSSR count). The minimum Gasteiger partial charge on any atom is -0.289 e. The minimum atomic E-state index is -0.0613. The molecule has 0 aromatic heterocycles. The second kappa shape index (κ2) is 8.24. The van der Waals surface area contributed by atoms with Crippen molar-refractivity contribution in [2.24, 2.45) is 5.10 Å². The van der Waals surface area contributed by atoms with Crippen molar-refractivity contribution in [2.75, 3.05) is 5.01 Å². The molecule has 1 aliphatic heterocycles. The molecule has 4 heteroatoms. The van der Waals surface area contributed by atoms with Gasteiger partial charge in [0.15, 0.2) is 5.78 Å². The molecule has 1 atom stereocenters. The summed E-state index contributed by atoms with van der Waals surface area (Å²) in [4.78, 5) is 12.4. The number of benzene rings is 3. The predicted octanol–water partition coefficient (Wildman–Crippen LogP) is 6.09. The number of halogens is 1. The van der Waals surface area contributed by atoms with Crippen LogP contribution in [0.4, 0.5) is 5.69 Å². The van der Waals surface area contributed by atoms with Crippen LogP contribution in [-0.2, 0) is 0 Å². The van der Waals surface area contributed by atoms with Crippen molar-refractivity contribution in [3.05, 3.63) is 113 Å². The fourth-order valence-corrected chi connectivity index (χ4v) is 3.40. The normalized spacial score (nSPS) is 16.4. The number of hydrogen-bond acceptors (Lipinski definition) is 3. The van der Waals surface area contributed by atoms with E-state index in [1.807, 2.05) is 59.6 Å². The van der Waals surface area contributed by atoms with Gasteiger partial charge in [-0.05, 0) is 54.1 Å². The number of hydrogen-bond donors (Lipinski definition) is 0. The Morgan fingerprint density at radius 3 is 2.25 bits per heavy atom. The molecular weight excluding hydrogens is 368 g/mol. The molecule has 138 valence electrons. The number of carbonyl (C=O) groups excluding carboxylic acids is 1. The number of para-hydroxylation sites is 1. The maximum Gasteiger partial charge on any atom is 0.185 e. The average molecular weight is 387 g/mol. The topological polar surface area (TPSA) is 32.7 Å². The summed E-state index contributed by atoms with van der Waals surface area (Å²) in [5, 5.41) is 7.43. The SMILES string of the molecule is O=C(C=CC1=NN(c2ccccc2)C(c2ccccc2)C1)c1ccc(Cl)cc1. The molecule has 1 unspecified atom stereocenters. The van der Waals surface area contributed by atoms with Crippen molar-refractivity contribution in [2.45, 2.75) is 12.5 Å². The molecule has 1 heterocycles. The standard InChI is InChI=1S/C24H19ClN2O/c25-20-13-11-19(12-14-20)24(28)16-15-21-17-23(18-7-3-1-4-8-18)27(26-21)22-9-5-2-6-10-22/h1-16,23H,17H2. The molecule has 0 N–H and O–H groups in total. The van der Waals surface area contributed by atoms with Gasteiger partial charge in [0.25, 0.3) is 0 Å². The third-order valence-corrected chi connectivity index (χ3v) is 4.95. The zero-order chi connectivity index (χ0) is 19.3. The van der Waals surface area contributed by atoms with Crippen LogP contribution < -0.4 is 5.01 Å². The Morgan fingerprint density at radius 2 is 1.57 bits per heavy atom. The molecule has 28 heavy (non-hydrogen) atoms. The van der Waals surface area contributed by atoms with Crippen molar-refractivity contribution >= 4 is 28.8 Å². The number of allylic oxidation sites excluding steroid dienone is 2. The molecule has 0 fully saturated rings. The first kappa shape index (κ1) is 18.2. The minimum absolute atomic E-state index is 0.0613. The lowest BCUT2D eigenvalue weighted by Gasteiger charge is -2.23. The largest absolute Gasteiger partial charge is 0.289 e. The summed E-state index contributed by atoms with van der Waals surface area (Å²) in [6, 6.07) is 27.4. The van der Waals surface area contributed by atoms with E-state index in [4.69, 9.17) is 16.7 Å². The van der Waals surface area contributed by atoms with E-state index in [0.717, 1.165) is 17.8 Å². The summed E-state index contributed by atoms with van der Waals surface area (Å²) in [6.45, 7) is 0. The fraction of sp³-hybridized carbons (Fsp3) is 0.0833. The van der Waals surface area contributed by atoms with E-state index in [1.165, 1.54) is 5.56 Å². The van der Waals surface area contributed by atoms with Crippen molar-refractivity contribution in [3.8, 4) is 0 Å². The van der Waals surface area contributed by atoms with Gasteiger partial charge in [-0.15, -0.1) is 0 Å². The van der Waals surface area contributed by atoms with Gasteiger partial charge in [0.2, 0.25) is 0 Å². The summed E-state index contributed by atoms with van der Waals surface area (Å²) in [5.74, 6) is -0.0613. The third kappa shape index (κ3) is 4.05. The monoisotopic (exact) mass is 386 g/mol. The van der Waals surface area contributed by atoms with Gasteiger partial charge in [-0.2, -0.15) is 5.10 Å². The van der Waals surface area contributed by atoms with E-state index < -0.39 is 0 Å². The summed E-state index contributed by atoms with van der Waals surface area (Å²) >= 11 is 5.89. The zero-order valence-electron chi connectivity index (χ0n) is 15.2. The van der Waals surface area contributed by atoms with Crippen LogP contribution in [0.3, 0.4) is 0 Å². The van der Waals surface area contributed by atoms with Crippen LogP contribution in [0.15, 0.2) is 102 Å². The van der Waals surface area contributed by atoms with Gasteiger partial charge in [-0.3, -0.25) is 9.80 Å². The molecule has 3 aromatic rings. The fourth-order valence-electron chi connectivity index (χ4n) is 3.27. The van der Waals surface area contributed by atoms with E-state index in [-0.39, 0.29) is 11.8 Å². The average Bonchev–Trinajstić information content (AvgIpc) is 3.18. The Bertz CT molecular complexity index is 1010. The molecule has 0 radical (unpaired) electrons. The van der Waals surface area contributed by atoms with Crippen molar-refractivity contribution < 1.29 is 4.79 Å². The molecule has 0 aliphatic carbocycles. The van der Waals surface area contributed by atoms with Crippen LogP contribution in [0.2, 0.25) is 5.02 Å². The maximum atomic E-state index is 12.4. The number of anilines is 1. The van der Waals surface area contributed by atoms with E-state index in [2.05, 4.69) is 12.1 Å². The Kier molecular flexibility index (Phi) is 5.36. The highest BCUT2D eigenvalue weighted by atomic mass is 35.5. The van der Waals surface area contributed by atoms with Gasteiger partial charge in [0, 0.05) is 17.0 Å². The van der Waals surface area contributed by atoms with Gasteiger partial charge in [-0.25, -0.2) is 0 Å². The van der Waals surface area contributed by atoms with Crippen LogP contribution in [0.5, 0.6) is 0 Å². The maximum absolute atomic E-state index is 12.4. The van der Waals surface area contributed by atoms with Crippen LogP contribution in [-0.4, -0.2) is 11.5 Å². The molecule has 0 amide bonds. The second-order valence-corrected chi connectivity index (χ2v) is 7.04. The van der Waals surface area contributed by atoms with Crippen molar-refractivity contribution in [1.82, 2.24) is 0 Å². The van der Waals surface area contributed by atoms with Crippen LogP contribution in [0, 0.1) is 0 Å². The van der Waals surface area contributed by atoms with Gasteiger partial charge in [0.05, 0.1) is 17.4 Å². The molecule has 0 spiro atoms. The van der Waals surface area contributed by atoms with Gasteiger partial charge in [-0.1, -0.05) is 60.1 Å². The lowest BCUT2D eigenvalue weighted by atomic mass is 10.0. The Balaban J connectivity index is 1.59. The van der Waals surface area contributed by atoms with Gasteiger partial charge >= 0.3 is 0 Å². The second-order valence-electron chi connectivity index (χ2n) is 6.61. The third-order valence-electron chi connectivity index (χ3n) is 4.69. The summed E-state index contributed by atoms with van der Waals surface area (Å²) in [7, 11) is 0. The van der Waals surface area contributed by atoms with Crippen LogP contribution >= 0.6 is 11.6 Å². The first-order chi connectivity index (χ1) is 13.7. The Hall–Kier alpha value is -3.17. The summed E-state index contributed by atoms with van der Waals surface area (Å²) in [5.41, 5.74) is 3.71. The highest BCUT2D eigenvalue weighted by Crippen LogP contribution is 2.35. The highest BCUT2D eigenvalue weighted by molar-refractivity contribution is 6.30. The number of ketones is 1. The van der Waals surface area contributed by atoms with E-state index in [9.17, 15) is 4.79 Å². The van der Waals surface area contributed by atoms with Crippen LogP contribution in [0.25, 0.3) is 0 Å². The van der Waals surface area contributed by atoms with Crippen molar-refractivity contribution in [3.63, 3.8) is 0 Å². The van der Waals surface area contributed by atoms with E-state index in [0.29, 0.717) is 10.6 Å². The lowest BCUT2D eigenvalue weighted by Crippen LogP contribution is -2.18. The van der Waals surface area contributed by atoms with Crippen molar-refractivity contribution in [1.29, 1.82) is 0 Å². The molecule has 3 nitrogen and oxygen atoms in total. The Labute approximate surface area is 169 Å². The number of hydrazone groups is 1. The summed E-state index contributed by atoms with van der Waals surface area (Å²) in [6.07, 6.45) is 4.14. The zero-order valence-corrected chi connectivity index (χ0v) is 16.0. The highest BCUT2D eigenvalue weighted by Gasteiger charge is 2.28. The molecule has 3 aromatic carbocycles. The molecule has 1 aliphatic rings. The molecule has 0 saturated heterocycles.